The predicted octanol–water partition coefficient (Wildman–Crippen LogP) is 4.22. The Labute approximate surface area is 140 Å². The van der Waals surface area contributed by atoms with Crippen molar-refractivity contribution in [2.45, 2.75) is 26.4 Å². The van der Waals surface area contributed by atoms with Gasteiger partial charge in [0.1, 0.15) is 17.7 Å². The molecule has 0 bridgehead atoms. The SMILES string of the molecule is COc1cccc(-c2cc3c(cc2F)[C@H](OC(N)=O)C(C)(C)C3)c1. The molecule has 2 aromatic carbocycles. The van der Waals surface area contributed by atoms with Crippen molar-refractivity contribution in [1.29, 1.82) is 0 Å². The van der Waals surface area contributed by atoms with E-state index in [4.69, 9.17) is 15.2 Å². The van der Waals surface area contributed by atoms with E-state index in [1.807, 2.05) is 38.1 Å². The molecule has 1 aliphatic rings. The van der Waals surface area contributed by atoms with E-state index in [0.29, 0.717) is 23.3 Å². The van der Waals surface area contributed by atoms with E-state index >= 15 is 0 Å². The smallest absolute Gasteiger partial charge is 0.405 e. The van der Waals surface area contributed by atoms with Gasteiger partial charge in [0.15, 0.2) is 0 Å². The van der Waals surface area contributed by atoms with Crippen LogP contribution in [0.5, 0.6) is 5.75 Å². The van der Waals surface area contributed by atoms with Crippen LogP contribution in [0.1, 0.15) is 31.1 Å². The van der Waals surface area contributed by atoms with E-state index in [-0.39, 0.29) is 11.2 Å². The number of halogens is 1. The molecule has 0 fully saturated rings. The second kappa shape index (κ2) is 5.82. The van der Waals surface area contributed by atoms with Crippen LogP contribution < -0.4 is 10.5 Å². The van der Waals surface area contributed by atoms with Crippen LogP contribution in [0.3, 0.4) is 0 Å². The van der Waals surface area contributed by atoms with Gasteiger partial charge in [-0.25, -0.2) is 9.18 Å². The summed E-state index contributed by atoms with van der Waals surface area (Å²) >= 11 is 0. The molecule has 2 N–H and O–H groups in total. The molecule has 24 heavy (non-hydrogen) atoms. The molecule has 0 saturated carbocycles. The summed E-state index contributed by atoms with van der Waals surface area (Å²) in [7, 11) is 1.58. The van der Waals surface area contributed by atoms with Crippen LogP contribution in [0.25, 0.3) is 11.1 Å². The van der Waals surface area contributed by atoms with Crippen molar-refractivity contribution in [3.05, 3.63) is 53.3 Å². The summed E-state index contributed by atoms with van der Waals surface area (Å²) in [5.74, 6) is 0.306. The first-order chi connectivity index (χ1) is 11.3. The van der Waals surface area contributed by atoms with E-state index in [1.165, 1.54) is 6.07 Å². The minimum atomic E-state index is -0.849. The number of fused-ring (bicyclic) bond motifs is 1. The molecule has 0 saturated heterocycles. The molecule has 0 aromatic heterocycles. The normalized spacial score (nSPS) is 18.1. The summed E-state index contributed by atoms with van der Waals surface area (Å²) in [5, 5.41) is 0. The van der Waals surface area contributed by atoms with Crippen molar-refractivity contribution in [3.8, 4) is 16.9 Å². The first-order valence-electron chi connectivity index (χ1n) is 7.74. The summed E-state index contributed by atoms with van der Waals surface area (Å²) in [4.78, 5) is 11.2. The zero-order chi connectivity index (χ0) is 17.5. The van der Waals surface area contributed by atoms with E-state index in [0.717, 1.165) is 11.1 Å². The number of carbonyl (C=O) groups excluding carboxylic acids is 1. The van der Waals surface area contributed by atoms with Crippen LogP contribution in [0.4, 0.5) is 9.18 Å². The van der Waals surface area contributed by atoms with Gasteiger partial charge >= 0.3 is 6.09 Å². The standard InChI is InChI=1S/C19H20FNO3/c1-19(2)10-12-8-14(11-5-4-6-13(7-11)23-3)16(20)9-15(12)17(19)24-18(21)22/h4-9,17H,10H2,1-3H3,(H2,21,22)/t17-/m0/s1. The maximum Gasteiger partial charge on any atom is 0.405 e. The molecule has 0 aliphatic heterocycles. The number of hydrogen-bond acceptors (Lipinski definition) is 3. The number of hydrogen-bond donors (Lipinski definition) is 1. The fourth-order valence-electron chi connectivity index (χ4n) is 3.39. The lowest BCUT2D eigenvalue weighted by atomic mass is 9.87. The average Bonchev–Trinajstić information content (AvgIpc) is 2.76. The first kappa shape index (κ1) is 16.3. The third-order valence-electron chi connectivity index (χ3n) is 4.48. The highest BCUT2D eigenvalue weighted by atomic mass is 19.1. The van der Waals surface area contributed by atoms with Gasteiger partial charge < -0.3 is 15.2 Å². The maximum absolute atomic E-state index is 14.7. The van der Waals surface area contributed by atoms with Crippen molar-refractivity contribution in [1.82, 2.24) is 0 Å². The van der Waals surface area contributed by atoms with Crippen molar-refractivity contribution in [2.24, 2.45) is 11.1 Å². The number of primary amides is 1. The zero-order valence-corrected chi connectivity index (χ0v) is 13.9. The average molecular weight is 329 g/mol. The Morgan fingerprint density at radius 3 is 2.71 bits per heavy atom. The van der Waals surface area contributed by atoms with Gasteiger partial charge in [0.25, 0.3) is 0 Å². The molecule has 0 radical (unpaired) electrons. The van der Waals surface area contributed by atoms with Crippen molar-refractivity contribution in [2.75, 3.05) is 7.11 Å². The Hall–Kier alpha value is -2.56. The predicted molar refractivity (Wildman–Crippen MR) is 89.3 cm³/mol. The highest BCUT2D eigenvalue weighted by molar-refractivity contribution is 5.69. The summed E-state index contributed by atoms with van der Waals surface area (Å²) in [6, 6.07) is 10.5. The number of rotatable bonds is 3. The highest BCUT2D eigenvalue weighted by Gasteiger charge is 2.42. The summed E-state index contributed by atoms with van der Waals surface area (Å²) in [6.45, 7) is 3.95. The number of ether oxygens (including phenoxy) is 2. The number of amides is 1. The lowest BCUT2D eigenvalue weighted by Gasteiger charge is -2.26. The largest absolute Gasteiger partial charge is 0.497 e. The van der Waals surface area contributed by atoms with E-state index in [1.54, 1.807) is 13.2 Å². The molecule has 0 unspecified atom stereocenters. The molecule has 1 atom stereocenters. The second-order valence-corrected chi connectivity index (χ2v) is 6.75. The molecule has 3 rings (SSSR count). The number of nitrogens with two attached hydrogens (primary N) is 1. The lowest BCUT2D eigenvalue weighted by Crippen LogP contribution is -2.25. The van der Waals surface area contributed by atoms with Gasteiger partial charge in [-0.15, -0.1) is 0 Å². The fourth-order valence-corrected chi connectivity index (χ4v) is 3.39. The molecule has 1 aliphatic carbocycles. The molecule has 0 spiro atoms. The number of benzene rings is 2. The van der Waals surface area contributed by atoms with Gasteiger partial charge in [-0.3, -0.25) is 0 Å². The van der Waals surface area contributed by atoms with E-state index in [9.17, 15) is 9.18 Å². The molecular weight excluding hydrogens is 309 g/mol. The van der Waals surface area contributed by atoms with Gasteiger partial charge in [0.05, 0.1) is 7.11 Å². The van der Waals surface area contributed by atoms with Crippen LogP contribution in [-0.2, 0) is 11.2 Å². The summed E-state index contributed by atoms with van der Waals surface area (Å²) in [6.07, 6.45) is -0.714. The van der Waals surface area contributed by atoms with Gasteiger partial charge in [0, 0.05) is 11.0 Å². The minimum absolute atomic E-state index is 0.337. The monoisotopic (exact) mass is 329 g/mol. The molecule has 0 heterocycles. The van der Waals surface area contributed by atoms with E-state index < -0.39 is 12.2 Å². The van der Waals surface area contributed by atoms with Crippen LogP contribution in [0, 0.1) is 11.2 Å². The van der Waals surface area contributed by atoms with E-state index in [2.05, 4.69) is 0 Å². The Kier molecular flexibility index (Phi) is 3.95. The van der Waals surface area contributed by atoms with Gasteiger partial charge in [-0.1, -0.05) is 26.0 Å². The maximum atomic E-state index is 14.7. The Morgan fingerprint density at radius 1 is 1.29 bits per heavy atom. The van der Waals surface area contributed by atoms with Crippen molar-refractivity contribution < 1.29 is 18.7 Å². The number of methoxy groups -OCH3 is 1. The Balaban J connectivity index is 2.07. The van der Waals surface area contributed by atoms with Crippen molar-refractivity contribution >= 4 is 6.09 Å². The van der Waals surface area contributed by atoms with Gasteiger partial charge in [-0.05, 0) is 47.4 Å². The number of carbonyl (C=O) groups is 1. The molecule has 4 nitrogen and oxygen atoms in total. The molecule has 1 amide bonds. The topological polar surface area (TPSA) is 61.6 Å². The van der Waals surface area contributed by atoms with Crippen LogP contribution in [-0.4, -0.2) is 13.2 Å². The first-order valence-corrected chi connectivity index (χ1v) is 7.74. The lowest BCUT2D eigenvalue weighted by molar-refractivity contribution is 0.0391. The minimum Gasteiger partial charge on any atom is -0.497 e. The molecule has 5 heteroatoms. The van der Waals surface area contributed by atoms with Crippen LogP contribution >= 0.6 is 0 Å². The Morgan fingerprint density at radius 2 is 2.04 bits per heavy atom. The van der Waals surface area contributed by atoms with Crippen LogP contribution in [0.15, 0.2) is 36.4 Å². The van der Waals surface area contributed by atoms with Gasteiger partial charge in [-0.2, -0.15) is 0 Å². The fraction of sp³-hybridized carbons (Fsp3) is 0.316. The quantitative estimate of drug-likeness (QED) is 0.917. The zero-order valence-electron chi connectivity index (χ0n) is 13.9. The molecular formula is C19H20FNO3. The second-order valence-electron chi connectivity index (χ2n) is 6.75. The van der Waals surface area contributed by atoms with Crippen molar-refractivity contribution in [3.63, 3.8) is 0 Å². The summed E-state index contributed by atoms with van der Waals surface area (Å²) < 4.78 is 25.2. The highest BCUT2D eigenvalue weighted by Crippen LogP contribution is 2.48. The Bertz CT molecular complexity index is 801. The molecule has 126 valence electrons. The van der Waals surface area contributed by atoms with Crippen LogP contribution in [0.2, 0.25) is 0 Å². The third-order valence-corrected chi connectivity index (χ3v) is 4.48. The summed E-state index contributed by atoms with van der Waals surface area (Å²) in [5.41, 5.74) is 7.73. The van der Waals surface area contributed by atoms with Gasteiger partial charge in [0.2, 0.25) is 0 Å². The third kappa shape index (κ3) is 2.82. The molecule has 2 aromatic rings.